The van der Waals surface area contributed by atoms with Crippen LogP contribution in [0.5, 0.6) is 0 Å². The first kappa shape index (κ1) is 26.4. The molecule has 0 N–H and O–H groups in total. The second-order valence-corrected chi connectivity index (χ2v) is 14.3. The number of hydrogen-bond acceptors (Lipinski definition) is 6. The zero-order valence-electron chi connectivity index (χ0n) is 22.3. The standard InChI is InChI=1S/C31H29N3O4S2/c1-33-15-14-23-8-9-25(16-27(23)19-33)26-17-29-30(24-10-12-28(13-11-24)39(2,35)36)20-34(31(29)32-18-26)40(37,38)21-22-6-4-3-5-7-22/h3-13,16-18,20H,14-15,19,21H2,1-2H3. The summed E-state index contributed by atoms with van der Waals surface area (Å²) in [7, 11) is -5.06. The van der Waals surface area contributed by atoms with Crippen LogP contribution in [0.3, 0.4) is 0 Å². The molecule has 2 aromatic heterocycles. The number of rotatable bonds is 6. The molecule has 40 heavy (non-hydrogen) atoms. The predicted molar refractivity (Wildman–Crippen MR) is 158 cm³/mol. The number of benzene rings is 3. The van der Waals surface area contributed by atoms with Crippen LogP contribution in [0, 0.1) is 0 Å². The Morgan fingerprint density at radius 1 is 0.825 bits per heavy atom. The lowest BCUT2D eigenvalue weighted by Crippen LogP contribution is -2.26. The SMILES string of the molecule is CN1CCc2ccc(-c3cnc4c(c3)c(-c3ccc(S(C)(=O)=O)cc3)cn4S(=O)(=O)Cc3ccccc3)cc2C1. The van der Waals surface area contributed by atoms with E-state index in [0.29, 0.717) is 27.7 Å². The van der Waals surface area contributed by atoms with E-state index in [1.807, 2.05) is 24.3 Å². The van der Waals surface area contributed by atoms with Gasteiger partial charge in [-0.3, -0.25) is 0 Å². The van der Waals surface area contributed by atoms with Crippen LogP contribution in [-0.2, 0) is 38.6 Å². The molecule has 3 aromatic carbocycles. The Morgan fingerprint density at radius 2 is 1.55 bits per heavy atom. The minimum atomic E-state index is -3.80. The van der Waals surface area contributed by atoms with E-state index in [0.717, 1.165) is 36.9 Å². The van der Waals surface area contributed by atoms with Crippen LogP contribution in [0.15, 0.2) is 96.2 Å². The molecule has 9 heteroatoms. The van der Waals surface area contributed by atoms with Crippen LogP contribution in [0.1, 0.15) is 16.7 Å². The van der Waals surface area contributed by atoms with Crippen molar-refractivity contribution in [2.24, 2.45) is 0 Å². The van der Waals surface area contributed by atoms with Gasteiger partial charge >= 0.3 is 0 Å². The molecular weight excluding hydrogens is 542 g/mol. The highest BCUT2D eigenvalue weighted by Gasteiger charge is 2.23. The van der Waals surface area contributed by atoms with Crippen molar-refractivity contribution in [3.8, 4) is 22.3 Å². The van der Waals surface area contributed by atoms with Crippen molar-refractivity contribution in [2.45, 2.75) is 23.6 Å². The third-order valence-corrected chi connectivity index (χ3v) is 10.1. The lowest BCUT2D eigenvalue weighted by Gasteiger charge is -2.25. The van der Waals surface area contributed by atoms with Crippen molar-refractivity contribution in [1.82, 2.24) is 13.9 Å². The Kier molecular flexibility index (Phi) is 6.60. The Morgan fingerprint density at radius 3 is 2.27 bits per heavy atom. The van der Waals surface area contributed by atoms with Gasteiger partial charge in [-0.15, -0.1) is 0 Å². The average molecular weight is 572 g/mol. The first-order chi connectivity index (χ1) is 19.1. The van der Waals surface area contributed by atoms with Gasteiger partial charge in [-0.05, 0) is 65.6 Å². The number of pyridine rings is 1. The number of sulfone groups is 1. The molecule has 7 nitrogen and oxygen atoms in total. The molecule has 0 saturated carbocycles. The van der Waals surface area contributed by atoms with Gasteiger partial charge in [0.05, 0.1) is 10.6 Å². The molecule has 0 unspecified atom stereocenters. The van der Waals surface area contributed by atoms with E-state index in [9.17, 15) is 16.8 Å². The molecule has 1 aliphatic heterocycles. The van der Waals surface area contributed by atoms with Crippen LogP contribution >= 0.6 is 0 Å². The summed E-state index contributed by atoms with van der Waals surface area (Å²) in [5.74, 6) is -0.175. The molecule has 0 spiro atoms. The zero-order valence-corrected chi connectivity index (χ0v) is 23.9. The number of nitrogens with zero attached hydrogens (tertiary/aromatic N) is 3. The fourth-order valence-corrected chi connectivity index (χ4v) is 7.35. The fraction of sp³-hybridized carbons (Fsp3) is 0.194. The Hall–Kier alpha value is -3.79. The van der Waals surface area contributed by atoms with Gasteiger partial charge in [0, 0.05) is 48.3 Å². The number of aromatic nitrogens is 2. The average Bonchev–Trinajstić information content (AvgIpc) is 3.32. The molecule has 0 saturated heterocycles. The highest BCUT2D eigenvalue weighted by molar-refractivity contribution is 7.90. The summed E-state index contributed by atoms with van der Waals surface area (Å²) in [5, 5.41) is 0.677. The molecule has 204 valence electrons. The van der Waals surface area contributed by atoms with E-state index in [4.69, 9.17) is 0 Å². The largest absolute Gasteiger partial charge is 0.302 e. The second kappa shape index (κ2) is 9.99. The van der Waals surface area contributed by atoms with Crippen molar-refractivity contribution in [1.29, 1.82) is 0 Å². The van der Waals surface area contributed by atoms with Crippen molar-refractivity contribution in [3.05, 3.63) is 108 Å². The summed E-state index contributed by atoms with van der Waals surface area (Å²) in [6, 6.07) is 24.0. The maximum absolute atomic E-state index is 13.6. The molecule has 0 atom stereocenters. The summed E-state index contributed by atoms with van der Waals surface area (Å²) >= 11 is 0. The van der Waals surface area contributed by atoms with E-state index in [2.05, 4.69) is 35.1 Å². The predicted octanol–water partition coefficient (Wildman–Crippen LogP) is 5.14. The van der Waals surface area contributed by atoms with Crippen molar-refractivity contribution in [2.75, 3.05) is 19.8 Å². The minimum Gasteiger partial charge on any atom is -0.302 e. The minimum absolute atomic E-state index is 0.175. The molecule has 5 aromatic rings. The van der Waals surface area contributed by atoms with Gasteiger partial charge in [-0.2, -0.15) is 0 Å². The van der Waals surface area contributed by atoms with E-state index >= 15 is 0 Å². The molecule has 1 aliphatic rings. The van der Waals surface area contributed by atoms with E-state index in [-0.39, 0.29) is 10.6 Å². The van der Waals surface area contributed by atoms with Crippen LogP contribution in [0.25, 0.3) is 33.3 Å². The second-order valence-electron chi connectivity index (χ2n) is 10.4. The quantitative estimate of drug-likeness (QED) is 0.280. The molecular formula is C31H29N3O4S2. The smallest absolute Gasteiger partial charge is 0.244 e. The third-order valence-electron chi connectivity index (χ3n) is 7.44. The van der Waals surface area contributed by atoms with Crippen LogP contribution in [0.4, 0.5) is 0 Å². The zero-order chi connectivity index (χ0) is 28.1. The van der Waals surface area contributed by atoms with Gasteiger partial charge in [0.2, 0.25) is 10.0 Å². The van der Waals surface area contributed by atoms with Crippen LogP contribution in [-0.4, -0.2) is 50.5 Å². The first-order valence-corrected chi connectivity index (χ1v) is 16.5. The molecule has 0 bridgehead atoms. The topological polar surface area (TPSA) is 89.3 Å². The number of hydrogen-bond donors (Lipinski definition) is 0. The van der Waals surface area contributed by atoms with Crippen LogP contribution < -0.4 is 0 Å². The molecule has 0 aliphatic carbocycles. The van der Waals surface area contributed by atoms with E-state index in [1.165, 1.54) is 15.1 Å². The summed E-state index contributed by atoms with van der Waals surface area (Å²) in [6.07, 6.45) is 5.49. The Balaban J connectivity index is 1.50. The van der Waals surface area contributed by atoms with Gasteiger partial charge < -0.3 is 4.90 Å². The summed E-state index contributed by atoms with van der Waals surface area (Å²) in [6.45, 7) is 1.91. The lowest BCUT2D eigenvalue weighted by molar-refractivity contribution is 0.313. The first-order valence-electron chi connectivity index (χ1n) is 13.0. The maximum Gasteiger partial charge on any atom is 0.244 e. The molecule has 0 fully saturated rings. The molecule has 3 heterocycles. The third kappa shape index (κ3) is 5.08. The number of fused-ring (bicyclic) bond motifs is 2. The van der Waals surface area contributed by atoms with E-state index < -0.39 is 19.9 Å². The van der Waals surface area contributed by atoms with Gasteiger partial charge in [-0.25, -0.2) is 25.8 Å². The van der Waals surface area contributed by atoms with Crippen LogP contribution in [0.2, 0.25) is 0 Å². The molecule has 6 rings (SSSR count). The highest BCUT2D eigenvalue weighted by Crippen LogP contribution is 2.35. The Labute approximate surface area is 234 Å². The lowest BCUT2D eigenvalue weighted by atomic mass is 9.95. The summed E-state index contributed by atoms with van der Waals surface area (Å²) in [4.78, 5) is 7.17. The van der Waals surface area contributed by atoms with Gasteiger partial charge in [-0.1, -0.05) is 54.6 Å². The molecule has 0 amide bonds. The van der Waals surface area contributed by atoms with Crippen molar-refractivity contribution in [3.63, 3.8) is 0 Å². The Bertz CT molecular complexity index is 1950. The van der Waals surface area contributed by atoms with Gasteiger partial charge in [0.15, 0.2) is 15.5 Å². The number of likely N-dealkylation sites (N-methyl/N-ethyl adjacent to an activating group) is 1. The maximum atomic E-state index is 13.6. The van der Waals surface area contributed by atoms with Gasteiger partial charge in [0.25, 0.3) is 0 Å². The monoisotopic (exact) mass is 571 g/mol. The van der Waals surface area contributed by atoms with Gasteiger partial charge in [0.1, 0.15) is 0 Å². The summed E-state index contributed by atoms with van der Waals surface area (Å²) in [5.41, 5.74) is 6.92. The van der Waals surface area contributed by atoms with Crippen molar-refractivity contribution < 1.29 is 16.8 Å². The van der Waals surface area contributed by atoms with E-state index in [1.54, 1.807) is 48.8 Å². The molecule has 0 radical (unpaired) electrons. The normalized spacial score (nSPS) is 14.3. The summed E-state index contributed by atoms with van der Waals surface area (Å²) < 4.78 is 52.6. The van der Waals surface area contributed by atoms with Crippen molar-refractivity contribution >= 4 is 30.9 Å². The fourth-order valence-electron chi connectivity index (χ4n) is 5.29. The highest BCUT2D eigenvalue weighted by atomic mass is 32.2.